The lowest BCUT2D eigenvalue weighted by Gasteiger charge is -2.39. The number of aliphatic hydroxyl groups is 1. The minimum Gasteiger partial charge on any atom is -0.395 e. The predicted molar refractivity (Wildman–Crippen MR) is 121 cm³/mol. The van der Waals surface area contributed by atoms with Crippen molar-refractivity contribution in [3.05, 3.63) is 46.8 Å². The van der Waals surface area contributed by atoms with Crippen LogP contribution in [0.25, 0.3) is 5.69 Å². The van der Waals surface area contributed by atoms with Crippen molar-refractivity contribution in [1.29, 1.82) is 0 Å². The molecule has 1 aromatic heterocycles. The van der Waals surface area contributed by atoms with Crippen LogP contribution < -0.4 is 0 Å². The van der Waals surface area contributed by atoms with Gasteiger partial charge in [-0.3, -0.25) is 9.69 Å². The van der Waals surface area contributed by atoms with Crippen molar-refractivity contribution in [2.24, 2.45) is 0 Å². The van der Waals surface area contributed by atoms with Crippen LogP contribution in [0.2, 0.25) is 0 Å². The Morgan fingerprint density at radius 3 is 2.50 bits per heavy atom. The van der Waals surface area contributed by atoms with Gasteiger partial charge in [0.05, 0.1) is 34.8 Å². The molecule has 1 amide bonds. The van der Waals surface area contributed by atoms with Gasteiger partial charge in [-0.1, -0.05) is 6.07 Å². The predicted octanol–water partition coefficient (Wildman–Crippen LogP) is 4.14. The van der Waals surface area contributed by atoms with Gasteiger partial charge in [0.15, 0.2) is 0 Å². The van der Waals surface area contributed by atoms with Crippen LogP contribution in [0.3, 0.4) is 0 Å². The second kappa shape index (κ2) is 9.00. The molecule has 6 nitrogen and oxygen atoms in total. The molecule has 1 aliphatic carbocycles. The minimum absolute atomic E-state index is 0.0730. The van der Waals surface area contributed by atoms with Gasteiger partial charge in [-0.05, 0) is 70.2 Å². The zero-order valence-corrected chi connectivity index (χ0v) is 19.4. The van der Waals surface area contributed by atoms with Crippen LogP contribution in [-0.4, -0.2) is 68.9 Å². The normalized spacial score (nSPS) is 22.5. The number of nitrogens with zero attached hydrogens (tertiary/aromatic N) is 4. The third kappa shape index (κ3) is 4.35. The van der Waals surface area contributed by atoms with Crippen LogP contribution >= 0.6 is 0 Å². The second-order valence-electron chi connectivity index (χ2n) is 9.82. The van der Waals surface area contributed by atoms with Gasteiger partial charge in [0.1, 0.15) is 0 Å². The quantitative estimate of drug-likeness (QED) is 0.705. The summed E-state index contributed by atoms with van der Waals surface area (Å²) >= 11 is 0. The van der Waals surface area contributed by atoms with Crippen LogP contribution in [0.5, 0.6) is 0 Å². The van der Waals surface area contributed by atoms with E-state index in [0.29, 0.717) is 36.1 Å². The Hall–Kier alpha value is -2.39. The number of rotatable bonds is 5. The average molecular weight is 477 g/mol. The smallest absolute Gasteiger partial charge is 0.395 e. The van der Waals surface area contributed by atoms with Crippen molar-refractivity contribution in [1.82, 2.24) is 19.6 Å². The van der Waals surface area contributed by atoms with E-state index in [1.165, 1.54) is 6.07 Å². The zero-order chi connectivity index (χ0) is 24.0. The fraction of sp³-hybridized carbons (Fsp3) is 0.600. The highest BCUT2D eigenvalue weighted by molar-refractivity contribution is 5.97. The first-order valence-electron chi connectivity index (χ1n) is 12.2. The van der Waals surface area contributed by atoms with Crippen LogP contribution in [0.1, 0.15) is 71.8 Å². The van der Waals surface area contributed by atoms with Crippen molar-refractivity contribution in [3.8, 4) is 5.69 Å². The largest absolute Gasteiger partial charge is 0.416 e. The van der Waals surface area contributed by atoms with Crippen LogP contribution in [0.4, 0.5) is 13.2 Å². The van der Waals surface area contributed by atoms with E-state index in [4.69, 9.17) is 0 Å². The van der Waals surface area contributed by atoms with E-state index in [0.717, 1.165) is 62.9 Å². The Balaban J connectivity index is 1.39. The van der Waals surface area contributed by atoms with Crippen LogP contribution in [-0.2, 0) is 6.18 Å². The number of benzene rings is 1. The Bertz CT molecular complexity index is 1050. The second-order valence-corrected chi connectivity index (χ2v) is 9.82. The number of hydrogen-bond donors (Lipinski definition) is 1. The first-order valence-corrected chi connectivity index (χ1v) is 12.2. The summed E-state index contributed by atoms with van der Waals surface area (Å²) in [5.74, 6) is 0.0679. The van der Waals surface area contributed by atoms with E-state index in [-0.39, 0.29) is 24.5 Å². The molecule has 5 rings (SSSR count). The highest BCUT2D eigenvalue weighted by atomic mass is 19.4. The number of carbonyl (C=O) groups excluding carboxylic acids is 1. The number of halogens is 3. The van der Waals surface area contributed by atoms with Gasteiger partial charge in [0.2, 0.25) is 0 Å². The Morgan fingerprint density at radius 1 is 1.12 bits per heavy atom. The number of likely N-dealkylation sites (tertiary alicyclic amines) is 2. The summed E-state index contributed by atoms with van der Waals surface area (Å²) in [6.07, 6.45) is 1.22. The molecule has 2 aliphatic heterocycles. The number of alkyl halides is 3. The Labute approximate surface area is 197 Å². The van der Waals surface area contributed by atoms with Gasteiger partial charge in [-0.15, -0.1) is 0 Å². The average Bonchev–Trinajstić information content (AvgIpc) is 3.44. The molecule has 0 spiro atoms. The Kier molecular flexibility index (Phi) is 6.18. The first-order chi connectivity index (χ1) is 16.3. The van der Waals surface area contributed by atoms with Crippen molar-refractivity contribution in [2.75, 3.05) is 26.2 Å². The summed E-state index contributed by atoms with van der Waals surface area (Å²) in [4.78, 5) is 17.9. The van der Waals surface area contributed by atoms with Crippen LogP contribution in [0, 0.1) is 6.92 Å². The van der Waals surface area contributed by atoms with Crippen LogP contribution in [0.15, 0.2) is 24.3 Å². The number of amides is 1. The minimum atomic E-state index is -4.44. The number of aliphatic hydroxyl groups excluding tert-OH is 1. The van der Waals surface area contributed by atoms with Crippen molar-refractivity contribution >= 4 is 5.91 Å². The SMILES string of the molecule is Cc1nn(-c2cccc(C(F)(F)F)c2)c(C2CC2)c1C(=O)N1CCC(N2CCC[C@@H]2CO)CC1. The summed E-state index contributed by atoms with van der Waals surface area (Å²) in [5, 5.41) is 14.2. The summed E-state index contributed by atoms with van der Waals surface area (Å²) in [6, 6.07) is 5.75. The van der Waals surface area contributed by atoms with Gasteiger partial charge in [0.25, 0.3) is 5.91 Å². The van der Waals surface area contributed by atoms with E-state index in [1.807, 2.05) is 4.90 Å². The van der Waals surface area contributed by atoms with E-state index in [9.17, 15) is 23.1 Å². The highest BCUT2D eigenvalue weighted by Crippen LogP contribution is 2.44. The number of aryl methyl sites for hydroxylation is 1. The summed E-state index contributed by atoms with van der Waals surface area (Å²) in [7, 11) is 0. The fourth-order valence-corrected chi connectivity index (χ4v) is 5.65. The molecule has 3 aliphatic rings. The van der Waals surface area contributed by atoms with E-state index >= 15 is 0 Å². The fourth-order valence-electron chi connectivity index (χ4n) is 5.65. The maximum Gasteiger partial charge on any atom is 0.416 e. The Morgan fingerprint density at radius 2 is 1.85 bits per heavy atom. The van der Waals surface area contributed by atoms with Gasteiger partial charge in [-0.25, -0.2) is 4.68 Å². The van der Waals surface area contributed by atoms with E-state index < -0.39 is 11.7 Å². The van der Waals surface area contributed by atoms with Gasteiger partial charge >= 0.3 is 6.18 Å². The van der Waals surface area contributed by atoms with Gasteiger partial charge in [0, 0.05) is 31.1 Å². The third-order valence-electron chi connectivity index (χ3n) is 7.55. The molecule has 1 atom stereocenters. The molecule has 0 bridgehead atoms. The number of piperidine rings is 1. The standard InChI is InChI=1S/C25H31F3N4O2/c1-16-22(24(34)30-12-9-19(10-13-30)31-11-3-6-21(31)15-33)23(17-7-8-17)32(29-16)20-5-2-4-18(14-20)25(26,27)28/h2,4-5,14,17,19,21,33H,3,6-13,15H2,1H3/t21-/m1/s1. The molecule has 2 aromatic rings. The van der Waals surface area contributed by atoms with E-state index in [2.05, 4.69) is 10.00 Å². The summed E-state index contributed by atoms with van der Waals surface area (Å²) in [5.41, 5.74) is 1.46. The number of hydrogen-bond acceptors (Lipinski definition) is 4. The molecule has 1 N–H and O–H groups in total. The summed E-state index contributed by atoms with van der Waals surface area (Å²) in [6.45, 7) is 4.22. The maximum atomic E-state index is 13.6. The highest BCUT2D eigenvalue weighted by Gasteiger charge is 2.39. The molecule has 0 unspecified atom stereocenters. The van der Waals surface area contributed by atoms with Gasteiger partial charge < -0.3 is 10.0 Å². The number of aromatic nitrogens is 2. The molecule has 184 valence electrons. The van der Waals surface area contributed by atoms with E-state index in [1.54, 1.807) is 17.7 Å². The molecule has 34 heavy (non-hydrogen) atoms. The molecule has 2 saturated heterocycles. The monoisotopic (exact) mass is 476 g/mol. The molecule has 3 fully saturated rings. The first kappa shape index (κ1) is 23.4. The molecule has 3 heterocycles. The molecule has 0 radical (unpaired) electrons. The topological polar surface area (TPSA) is 61.6 Å². The molecule has 1 saturated carbocycles. The lowest BCUT2D eigenvalue weighted by molar-refractivity contribution is -0.137. The third-order valence-corrected chi connectivity index (χ3v) is 7.55. The zero-order valence-electron chi connectivity index (χ0n) is 19.4. The summed E-state index contributed by atoms with van der Waals surface area (Å²) < 4.78 is 41.4. The maximum absolute atomic E-state index is 13.6. The molecule has 1 aromatic carbocycles. The number of carbonyl (C=O) groups is 1. The van der Waals surface area contributed by atoms with Crippen molar-refractivity contribution in [2.45, 2.75) is 69.6 Å². The van der Waals surface area contributed by atoms with Crippen molar-refractivity contribution in [3.63, 3.8) is 0 Å². The van der Waals surface area contributed by atoms with Gasteiger partial charge in [-0.2, -0.15) is 18.3 Å². The molecule has 9 heteroatoms. The lowest BCUT2D eigenvalue weighted by atomic mass is 10.0. The lowest BCUT2D eigenvalue weighted by Crippen LogP contribution is -2.49. The van der Waals surface area contributed by atoms with Crippen molar-refractivity contribution < 1.29 is 23.1 Å². The molecular weight excluding hydrogens is 445 g/mol. The molecular formula is C25H31F3N4O2.